The first-order valence-electron chi connectivity index (χ1n) is 11.9. The van der Waals surface area contributed by atoms with Crippen LogP contribution < -0.4 is 10.2 Å². The molecule has 2 aromatic carbocycles. The minimum atomic E-state index is -1.09. The molecule has 0 aliphatic carbocycles. The molecule has 0 radical (unpaired) electrons. The Morgan fingerprint density at radius 3 is 2.65 bits per heavy atom. The van der Waals surface area contributed by atoms with Crippen LogP contribution in [0.4, 0.5) is 0 Å². The Hall–Kier alpha value is -2.42. The van der Waals surface area contributed by atoms with Gasteiger partial charge in [-0.3, -0.25) is 10.2 Å². The molecule has 182 valence electrons. The summed E-state index contributed by atoms with van der Waals surface area (Å²) in [4.78, 5) is 18.7. The number of ether oxygens (including phenoxy) is 2. The molecule has 1 amide bonds. The molecule has 1 saturated heterocycles. The van der Waals surface area contributed by atoms with Gasteiger partial charge in [0.1, 0.15) is 11.9 Å². The van der Waals surface area contributed by atoms with Gasteiger partial charge < -0.3 is 14.6 Å². The fraction of sp³-hybridized carbons (Fsp3) is 0.462. The first-order valence-corrected chi connectivity index (χ1v) is 12.7. The highest BCUT2D eigenvalue weighted by molar-refractivity contribution is 9.10. The Morgan fingerprint density at radius 1 is 1.21 bits per heavy atom. The van der Waals surface area contributed by atoms with Crippen molar-refractivity contribution in [3.8, 4) is 5.75 Å². The molecule has 2 aromatic rings. The lowest BCUT2D eigenvalue weighted by atomic mass is 9.86. The molecular formula is C26H32BrN3O4. The molecule has 0 bridgehead atoms. The minimum absolute atomic E-state index is 0.0969. The molecule has 0 aromatic heterocycles. The number of carbonyl (C=O) groups is 1. The van der Waals surface area contributed by atoms with E-state index < -0.39 is 11.6 Å². The number of aliphatic hydroxyl groups is 1. The monoisotopic (exact) mass is 529 g/mol. The van der Waals surface area contributed by atoms with E-state index in [4.69, 9.17) is 19.6 Å². The molecule has 34 heavy (non-hydrogen) atoms. The fourth-order valence-electron chi connectivity index (χ4n) is 4.32. The van der Waals surface area contributed by atoms with E-state index in [0.29, 0.717) is 31.1 Å². The third-order valence-corrected chi connectivity index (χ3v) is 7.13. The van der Waals surface area contributed by atoms with Gasteiger partial charge in [0.15, 0.2) is 5.54 Å². The second kappa shape index (κ2) is 11.3. The number of nitrogens with zero attached hydrogens (tertiary/aromatic N) is 2. The highest BCUT2D eigenvalue weighted by Gasteiger charge is 2.51. The predicted molar refractivity (Wildman–Crippen MR) is 135 cm³/mol. The number of nitrogens with one attached hydrogen (secondary N) is 1. The fourth-order valence-corrected chi connectivity index (χ4v) is 4.75. The third kappa shape index (κ3) is 5.62. The number of rotatable bonds is 9. The number of piperidine rings is 1. The van der Waals surface area contributed by atoms with Crippen LogP contribution in [0.3, 0.4) is 0 Å². The van der Waals surface area contributed by atoms with Gasteiger partial charge in [-0.05, 0) is 55.7 Å². The highest BCUT2D eigenvalue weighted by atomic mass is 79.9. The Morgan fingerprint density at radius 2 is 1.94 bits per heavy atom. The first-order chi connectivity index (χ1) is 16.5. The molecule has 8 heteroatoms. The number of hydrogen-bond donors (Lipinski definition) is 2. The van der Waals surface area contributed by atoms with Crippen molar-refractivity contribution >= 4 is 27.7 Å². The van der Waals surface area contributed by atoms with Gasteiger partial charge in [-0.2, -0.15) is 0 Å². The van der Waals surface area contributed by atoms with E-state index in [2.05, 4.69) is 21.4 Å². The van der Waals surface area contributed by atoms with Crippen LogP contribution in [-0.2, 0) is 16.0 Å². The summed E-state index contributed by atoms with van der Waals surface area (Å²) in [6, 6.07) is 15.4. The summed E-state index contributed by atoms with van der Waals surface area (Å²) >= 11 is 3.63. The first kappa shape index (κ1) is 24.7. The van der Waals surface area contributed by atoms with Crippen LogP contribution in [0.25, 0.3) is 0 Å². The zero-order valence-electron chi connectivity index (χ0n) is 19.5. The summed E-state index contributed by atoms with van der Waals surface area (Å²) in [5, 5.41) is 10.9. The molecule has 7 nitrogen and oxygen atoms in total. The van der Waals surface area contributed by atoms with Crippen molar-refractivity contribution in [1.82, 2.24) is 10.4 Å². The second-order valence-electron chi connectivity index (χ2n) is 8.81. The van der Waals surface area contributed by atoms with Gasteiger partial charge in [0.2, 0.25) is 5.90 Å². The summed E-state index contributed by atoms with van der Waals surface area (Å²) < 4.78 is 12.8. The molecule has 2 aliphatic rings. The Kier molecular flexibility index (Phi) is 8.24. The molecule has 2 N–H and O–H groups in total. The van der Waals surface area contributed by atoms with Crippen LogP contribution >= 0.6 is 15.9 Å². The average Bonchev–Trinajstić information content (AvgIpc) is 3.19. The van der Waals surface area contributed by atoms with Gasteiger partial charge in [-0.15, -0.1) is 0 Å². The maximum Gasteiger partial charge on any atom is 0.266 e. The van der Waals surface area contributed by atoms with Crippen LogP contribution in [0.1, 0.15) is 43.7 Å². The van der Waals surface area contributed by atoms with E-state index in [0.717, 1.165) is 41.5 Å². The predicted octanol–water partition coefficient (Wildman–Crippen LogP) is 3.87. The van der Waals surface area contributed by atoms with Crippen molar-refractivity contribution in [2.75, 3.05) is 26.3 Å². The van der Waals surface area contributed by atoms with Crippen LogP contribution in [0.15, 0.2) is 58.0 Å². The quantitative estimate of drug-likeness (QED) is 0.481. The van der Waals surface area contributed by atoms with Gasteiger partial charge >= 0.3 is 0 Å². The largest absolute Gasteiger partial charge is 0.494 e. The molecular weight excluding hydrogens is 498 g/mol. The number of aliphatic imine (C=N–C) groups is 1. The number of hydrazine groups is 1. The van der Waals surface area contributed by atoms with Gasteiger partial charge in [0, 0.05) is 42.6 Å². The van der Waals surface area contributed by atoms with Gasteiger partial charge in [0.05, 0.1) is 6.61 Å². The lowest BCUT2D eigenvalue weighted by Gasteiger charge is -2.33. The summed E-state index contributed by atoms with van der Waals surface area (Å²) in [7, 11) is 0. The number of aliphatic hydroxyl groups excluding tert-OH is 1. The number of carbonyl (C=O) groups excluding carboxylic acids is 1. The zero-order valence-corrected chi connectivity index (χ0v) is 21.1. The average molecular weight is 530 g/mol. The Bertz CT molecular complexity index is 1010. The summed E-state index contributed by atoms with van der Waals surface area (Å²) in [5.74, 6) is 1.03. The van der Waals surface area contributed by atoms with Crippen molar-refractivity contribution in [2.24, 2.45) is 4.99 Å². The Balaban J connectivity index is 1.61. The normalized spacial score (nSPS) is 22.7. The lowest BCUT2D eigenvalue weighted by molar-refractivity contribution is -0.134. The van der Waals surface area contributed by atoms with E-state index in [-0.39, 0.29) is 12.5 Å². The van der Waals surface area contributed by atoms with Crippen molar-refractivity contribution in [3.63, 3.8) is 0 Å². The summed E-state index contributed by atoms with van der Waals surface area (Å²) in [6.07, 6.45) is 3.89. The standard InChI is InChI=1S/C26H32BrN3O4/c1-19-26(18-21-8-3-4-9-23(21)27,25(32)29-30-14-5-2-6-15-30)28-24(34-19)20-10-12-22(13-11-20)33-17-7-16-31/h3-4,8-13,19,31H,2,5-7,14-18H2,1H3,(H,29,32)/t19-,26-/m0/s1. The molecule has 2 atom stereocenters. The van der Waals surface area contributed by atoms with Crippen LogP contribution in [0.5, 0.6) is 5.75 Å². The van der Waals surface area contributed by atoms with Crippen LogP contribution in [0.2, 0.25) is 0 Å². The van der Waals surface area contributed by atoms with E-state index in [1.165, 1.54) is 6.42 Å². The van der Waals surface area contributed by atoms with Crippen molar-refractivity contribution in [2.45, 2.75) is 50.7 Å². The number of benzene rings is 2. The van der Waals surface area contributed by atoms with Gasteiger partial charge in [0.25, 0.3) is 5.91 Å². The van der Waals surface area contributed by atoms with E-state index in [9.17, 15) is 4.79 Å². The highest BCUT2D eigenvalue weighted by Crippen LogP contribution is 2.34. The van der Waals surface area contributed by atoms with Gasteiger partial charge in [-0.1, -0.05) is 40.5 Å². The molecule has 0 saturated carbocycles. The van der Waals surface area contributed by atoms with Crippen molar-refractivity contribution < 1.29 is 19.4 Å². The maximum atomic E-state index is 13.7. The minimum Gasteiger partial charge on any atom is -0.494 e. The number of halogens is 1. The SMILES string of the molecule is C[C@@H]1OC(c2ccc(OCCCO)cc2)=N[C@]1(Cc1ccccc1Br)C(=O)NN1CCCCC1. The molecule has 2 aliphatic heterocycles. The van der Waals surface area contributed by atoms with E-state index in [1.807, 2.05) is 60.5 Å². The van der Waals surface area contributed by atoms with Crippen molar-refractivity contribution in [1.29, 1.82) is 0 Å². The van der Waals surface area contributed by atoms with Crippen molar-refractivity contribution in [3.05, 3.63) is 64.1 Å². The van der Waals surface area contributed by atoms with E-state index in [1.54, 1.807) is 0 Å². The summed E-state index contributed by atoms with van der Waals surface area (Å²) in [6.45, 7) is 4.16. The lowest BCUT2D eigenvalue weighted by Crippen LogP contribution is -2.57. The third-order valence-electron chi connectivity index (χ3n) is 6.36. The topological polar surface area (TPSA) is 83.4 Å². The van der Waals surface area contributed by atoms with Crippen LogP contribution in [0, 0.1) is 0 Å². The molecule has 0 unspecified atom stereocenters. The van der Waals surface area contributed by atoms with Gasteiger partial charge in [-0.25, -0.2) is 10.0 Å². The molecule has 0 spiro atoms. The zero-order chi connectivity index (χ0) is 24.0. The molecule has 4 rings (SSSR count). The summed E-state index contributed by atoms with van der Waals surface area (Å²) in [5.41, 5.74) is 3.84. The molecule has 1 fully saturated rings. The Labute approximate surface area is 209 Å². The number of amides is 1. The van der Waals surface area contributed by atoms with E-state index >= 15 is 0 Å². The van der Waals surface area contributed by atoms with Crippen LogP contribution in [-0.4, -0.2) is 59.9 Å². The smallest absolute Gasteiger partial charge is 0.266 e. The molecule has 2 heterocycles. The number of hydrogen-bond acceptors (Lipinski definition) is 6. The maximum absolute atomic E-state index is 13.7. The second-order valence-corrected chi connectivity index (χ2v) is 9.66.